The van der Waals surface area contributed by atoms with Crippen molar-refractivity contribution in [1.82, 2.24) is 10.2 Å². The van der Waals surface area contributed by atoms with Crippen molar-refractivity contribution >= 4 is 27.3 Å². The number of hydrogen-bond donors (Lipinski definition) is 1. The Hall–Kier alpha value is -2.28. The maximum absolute atomic E-state index is 14.4. The van der Waals surface area contributed by atoms with Crippen LogP contribution in [0.1, 0.15) is 39.2 Å². The summed E-state index contributed by atoms with van der Waals surface area (Å²) in [6.07, 6.45) is 1.83. The quantitative estimate of drug-likeness (QED) is 0.610. The van der Waals surface area contributed by atoms with E-state index in [1.54, 1.807) is 13.2 Å². The molecule has 0 unspecified atom stereocenters. The highest BCUT2D eigenvalue weighted by atomic mass is 32.1. The molecule has 30 heavy (non-hydrogen) atoms. The topological polar surface area (TPSA) is 41.6 Å². The summed E-state index contributed by atoms with van der Waals surface area (Å²) >= 11 is 1.34. The molecular formula is C24H27FN2O2S. The monoisotopic (exact) mass is 426 g/mol. The third-order valence-corrected chi connectivity index (χ3v) is 7.03. The molecule has 6 heteroatoms. The standard InChI is InChI=1S/C24H27FN2O2S/c1-16-6-3-4-7-17(16)14-27-12-10-18(11-13-27)26-24(28)23-19(15-29-2)22-20(25)8-5-9-21(22)30-23/h3-9,18H,10-15H2,1-2H3,(H,26,28). The summed E-state index contributed by atoms with van der Waals surface area (Å²) < 4.78 is 20.4. The zero-order valence-electron chi connectivity index (χ0n) is 17.4. The van der Waals surface area contributed by atoms with Crippen molar-refractivity contribution in [2.24, 2.45) is 0 Å². The third-order valence-electron chi connectivity index (χ3n) is 5.84. The van der Waals surface area contributed by atoms with Crippen molar-refractivity contribution in [1.29, 1.82) is 0 Å². The lowest BCUT2D eigenvalue weighted by atomic mass is 10.0. The van der Waals surface area contributed by atoms with Gasteiger partial charge < -0.3 is 10.1 Å². The number of aryl methyl sites for hydroxylation is 1. The second-order valence-electron chi connectivity index (χ2n) is 7.91. The van der Waals surface area contributed by atoms with Crippen LogP contribution in [0.2, 0.25) is 0 Å². The Morgan fingerprint density at radius 1 is 1.20 bits per heavy atom. The fraction of sp³-hybridized carbons (Fsp3) is 0.375. The van der Waals surface area contributed by atoms with Crippen molar-refractivity contribution in [3.8, 4) is 0 Å². The van der Waals surface area contributed by atoms with E-state index in [0.29, 0.717) is 15.8 Å². The molecule has 0 saturated carbocycles. The van der Waals surface area contributed by atoms with Gasteiger partial charge in [0.15, 0.2) is 0 Å². The van der Waals surface area contributed by atoms with E-state index in [1.165, 1.54) is 28.5 Å². The van der Waals surface area contributed by atoms with Gasteiger partial charge in [0.1, 0.15) is 5.82 Å². The van der Waals surface area contributed by atoms with Crippen LogP contribution >= 0.6 is 11.3 Å². The van der Waals surface area contributed by atoms with E-state index < -0.39 is 0 Å². The minimum absolute atomic E-state index is 0.125. The minimum atomic E-state index is -0.306. The lowest BCUT2D eigenvalue weighted by Crippen LogP contribution is -2.44. The molecule has 2 heterocycles. The number of thiophene rings is 1. The molecule has 0 aliphatic carbocycles. The molecule has 4 nitrogen and oxygen atoms in total. The van der Waals surface area contributed by atoms with Gasteiger partial charge in [-0.2, -0.15) is 0 Å². The predicted molar refractivity (Wildman–Crippen MR) is 119 cm³/mol. The normalized spacial score (nSPS) is 15.6. The van der Waals surface area contributed by atoms with Crippen molar-refractivity contribution in [3.63, 3.8) is 0 Å². The lowest BCUT2D eigenvalue weighted by molar-refractivity contribution is 0.0909. The predicted octanol–water partition coefficient (Wildman–Crippen LogP) is 4.89. The number of rotatable bonds is 6. The SMILES string of the molecule is COCc1c(C(=O)NC2CCN(Cc3ccccc3C)CC2)sc2cccc(F)c12. The van der Waals surface area contributed by atoms with Crippen LogP contribution in [0.4, 0.5) is 4.39 Å². The molecule has 3 aromatic rings. The molecule has 0 radical (unpaired) electrons. The maximum Gasteiger partial charge on any atom is 0.261 e. The molecule has 1 aliphatic heterocycles. The van der Waals surface area contributed by atoms with Crippen LogP contribution in [0.15, 0.2) is 42.5 Å². The largest absolute Gasteiger partial charge is 0.380 e. The highest BCUT2D eigenvalue weighted by Crippen LogP contribution is 2.34. The maximum atomic E-state index is 14.4. The van der Waals surface area contributed by atoms with Gasteiger partial charge in [0.05, 0.1) is 11.5 Å². The number of ether oxygens (including phenoxy) is 1. The lowest BCUT2D eigenvalue weighted by Gasteiger charge is -2.32. The van der Waals surface area contributed by atoms with Crippen LogP contribution in [0, 0.1) is 12.7 Å². The number of nitrogens with one attached hydrogen (secondary N) is 1. The van der Waals surface area contributed by atoms with Gasteiger partial charge in [-0.25, -0.2) is 4.39 Å². The number of carbonyl (C=O) groups is 1. The molecule has 1 aliphatic rings. The number of likely N-dealkylation sites (tertiary alicyclic amines) is 1. The van der Waals surface area contributed by atoms with Crippen LogP contribution in [0.3, 0.4) is 0 Å². The fourth-order valence-corrected chi connectivity index (χ4v) is 5.27. The van der Waals surface area contributed by atoms with Gasteiger partial charge in [0, 0.05) is 48.4 Å². The molecule has 1 amide bonds. The molecule has 2 aromatic carbocycles. The first-order valence-electron chi connectivity index (χ1n) is 10.3. The van der Waals surface area contributed by atoms with Gasteiger partial charge in [0.2, 0.25) is 0 Å². The number of carbonyl (C=O) groups excluding carboxylic acids is 1. The Bertz CT molecular complexity index is 1040. The van der Waals surface area contributed by atoms with E-state index in [0.717, 1.165) is 37.2 Å². The van der Waals surface area contributed by atoms with E-state index in [4.69, 9.17) is 4.74 Å². The average Bonchev–Trinajstić information content (AvgIpc) is 3.11. The number of methoxy groups -OCH3 is 1. The highest BCUT2D eigenvalue weighted by molar-refractivity contribution is 7.21. The molecule has 1 fully saturated rings. The summed E-state index contributed by atoms with van der Waals surface area (Å²) in [5.74, 6) is -0.431. The van der Waals surface area contributed by atoms with Crippen molar-refractivity contribution in [3.05, 3.63) is 69.8 Å². The van der Waals surface area contributed by atoms with E-state index >= 15 is 0 Å². The first kappa shape index (κ1) is 21.0. The Kier molecular flexibility index (Phi) is 6.46. The van der Waals surface area contributed by atoms with Gasteiger partial charge >= 0.3 is 0 Å². The summed E-state index contributed by atoms with van der Waals surface area (Å²) in [5.41, 5.74) is 3.32. The molecule has 0 bridgehead atoms. The van der Waals surface area contributed by atoms with Crippen LogP contribution < -0.4 is 5.32 Å². The van der Waals surface area contributed by atoms with Gasteiger partial charge in [-0.1, -0.05) is 30.3 Å². The molecule has 1 aromatic heterocycles. The van der Waals surface area contributed by atoms with E-state index in [1.807, 2.05) is 6.07 Å². The number of benzene rings is 2. The van der Waals surface area contributed by atoms with Gasteiger partial charge in [0.25, 0.3) is 5.91 Å². The average molecular weight is 427 g/mol. The van der Waals surface area contributed by atoms with Crippen LogP contribution in [0.5, 0.6) is 0 Å². The van der Waals surface area contributed by atoms with E-state index in [-0.39, 0.29) is 24.4 Å². The Balaban J connectivity index is 1.41. The highest BCUT2D eigenvalue weighted by Gasteiger charge is 2.25. The number of amides is 1. The summed E-state index contributed by atoms with van der Waals surface area (Å²) in [6, 6.07) is 13.6. The summed E-state index contributed by atoms with van der Waals surface area (Å²) in [6.45, 7) is 5.21. The van der Waals surface area contributed by atoms with Crippen LogP contribution in [-0.4, -0.2) is 37.0 Å². The summed E-state index contributed by atoms with van der Waals surface area (Å²) in [5, 5.41) is 3.68. The second-order valence-corrected chi connectivity index (χ2v) is 8.96. The van der Waals surface area contributed by atoms with Crippen molar-refractivity contribution < 1.29 is 13.9 Å². The summed E-state index contributed by atoms with van der Waals surface area (Å²) in [4.78, 5) is 16.0. The molecule has 1 saturated heterocycles. The first-order valence-corrected chi connectivity index (χ1v) is 11.1. The summed E-state index contributed by atoms with van der Waals surface area (Å²) in [7, 11) is 1.57. The number of fused-ring (bicyclic) bond motifs is 1. The number of hydrogen-bond acceptors (Lipinski definition) is 4. The van der Waals surface area contributed by atoms with E-state index in [9.17, 15) is 9.18 Å². The molecule has 1 N–H and O–H groups in total. The number of piperidine rings is 1. The Morgan fingerprint density at radius 2 is 1.97 bits per heavy atom. The number of halogens is 1. The number of nitrogens with zero attached hydrogens (tertiary/aromatic N) is 1. The van der Waals surface area contributed by atoms with Gasteiger partial charge in [-0.05, 0) is 43.0 Å². The molecule has 4 rings (SSSR count). The molecule has 158 valence electrons. The van der Waals surface area contributed by atoms with Crippen LogP contribution in [0.25, 0.3) is 10.1 Å². The molecular weight excluding hydrogens is 399 g/mol. The van der Waals surface area contributed by atoms with Crippen LogP contribution in [-0.2, 0) is 17.9 Å². The molecule has 0 spiro atoms. The Morgan fingerprint density at radius 3 is 2.70 bits per heavy atom. The zero-order valence-corrected chi connectivity index (χ0v) is 18.2. The fourth-order valence-electron chi connectivity index (χ4n) is 4.15. The second kappa shape index (κ2) is 9.25. The molecule has 0 atom stereocenters. The van der Waals surface area contributed by atoms with E-state index in [2.05, 4.69) is 41.4 Å². The minimum Gasteiger partial charge on any atom is -0.380 e. The third kappa shape index (κ3) is 4.41. The smallest absolute Gasteiger partial charge is 0.261 e. The first-order chi connectivity index (χ1) is 14.6. The Labute approximate surface area is 180 Å². The van der Waals surface area contributed by atoms with Crippen molar-refractivity contribution in [2.45, 2.75) is 39.0 Å². The van der Waals surface area contributed by atoms with Crippen molar-refractivity contribution in [2.75, 3.05) is 20.2 Å². The van der Waals surface area contributed by atoms with Gasteiger partial charge in [-0.3, -0.25) is 9.69 Å². The zero-order chi connectivity index (χ0) is 21.1. The van der Waals surface area contributed by atoms with Gasteiger partial charge in [-0.15, -0.1) is 11.3 Å².